The van der Waals surface area contributed by atoms with Gasteiger partial charge in [0.1, 0.15) is 0 Å². The van der Waals surface area contributed by atoms with E-state index in [1.807, 2.05) is 24.3 Å². The van der Waals surface area contributed by atoms with Crippen LogP contribution in [0.4, 0.5) is 5.82 Å². The quantitative estimate of drug-likeness (QED) is 0.559. The minimum atomic E-state index is 0.526. The van der Waals surface area contributed by atoms with Gasteiger partial charge in [-0.25, -0.2) is 0 Å². The van der Waals surface area contributed by atoms with Crippen LogP contribution in [0.3, 0.4) is 0 Å². The van der Waals surface area contributed by atoms with Crippen molar-refractivity contribution in [3.8, 4) is 22.4 Å². The first-order valence-electron chi connectivity index (χ1n) is 5.49. The first-order valence-corrected chi connectivity index (χ1v) is 8.24. The van der Waals surface area contributed by atoms with Crippen LogP contribution in [0.5, 0.6) is 0 Å². The summed E-state index contributed by atoms with van der Waals surface area (Å²) in [7, 11) is 0. The van der Waals surface area contributed by atoms with Gasteiger partial charge in [0.25, 0.3) is 0 Å². The number of hydrogen-bond donors (Lipinski definition) is 2. The maximum atomic E-state index is 6.00. The van der Waals surface area contributed by atoms with Gasteiger partial charge in [-0.3, -0.25) is 5.10 Å². The van der Waals surface area contributed by atoms with Crippen LogP contribution in [0.25, 0.3) is 22.4 Å². The maximum Gasteiger partial charge on any atom is 0.153 e. The normalized spacial score (nSPS) is 10.8. The Labute approximate surface area is 136 Å². The van der Waals surface area contributed by atoms with Crippen LogP contribution >= 0.6 is 49.9 Å². The number of nitrogens with two attached hydrogens (primary N) is 1. The summed E-state index contributed by atoms with van der Waals surface area (Å²) in [6, 6.07) is 10.2. The lowest BCUT2D eigenvalue weighted by molar-refractivity contribution is 1.10. The smallest absolute Gasteiger partial charge is 0.153 e. The molecule has 0 saturated heterocycles. The van der Waals surface area contributed by atoms with Crippen molar-refractivity contribution < 1.29 is 0 Å². The van der Waals surface area contributed by atoms with Crippen LogP contribution in [0.2, 0.25) is 0 Å². The molecular weight excluding hydrogens is 437 g/mol. The van der Waals surface area contributed by atoms with Crippen LogP contribution in [-0.4, -0.2) is 10.2 Å². The standard InChI is InChI=1S/C13H9BrIN3S/c14-9-3-1-7(2-4-9)11-12(17-18-13(11)16)8-5-10(15)19-6-8/h1-6H,(H3,16,17,18). The molecule has 3 N–H and O–H groups in total. The molecule has 0 aliphatic heterocycles. The number of aromatic amines is 1. The molecular formula is C13H9BrIN3S. The molecule has 3 rings (SSSR count). The third-order valence-corrected chi connectivity index (χ3v) is 5.10. The van der Waals surface area contributed by atoms with E-state index in [0.29, 0.717) is 5.82 Å². The largest absolute Gasteiger partial charge is 0.382 e. The van der Waals surface area contributed by atoms with Crippen molar-refractivity contribution in [3.63, 3.8) is 0 Å². The minimum absolute atomic E-state index is 0.526. The lowest BCUT2D eigenvalue weighted by Gasteiger charge is -2.03. The summed E-state index contributed by atoms with van der Waals surface area (Å²) in [5.41, 5.74) is 10.1. The Hall–Kier alpha value is -0.860. The van der Waals surface area contributed by atoms with Crippen molar-refractivity contribution in [2.45, 2.75) is 0 Å². The summed E-state index contributed by atoms with van der Waals surface area (Å²) in [6.07, 6.45) is 0. The van der Waals surface area contributed by atoms with E-state index in [0.717, 1.165) is 26.9 Å². The number of aromatic nitrogens is 2. The van der Waals surface area contributed by atoms with Crippen molar-refractivity contribution in [2.75, 3.05) is 5.73 Å². The second-order valence-corrected chi connectivity index (χ2v) is 7.73. The van der Waals surface area contributed by atoms with E-state index >= 15 is 0 Å². The molecule has 1 aromatic carbocycles. The first-order chi connectivity index (χ1) is 9.15. The van der Waals surface area contributed by atoms with Gasteiger partial charge in [0.05, 0.1) is 14.1 Å². The maximum absolute atomic E-state index is 6.00. The van der Waals surface area contributed by atoms with E-state index in [-0.39, 0.29) is 0 Å². The Morgan fingerprint density at radius 2 is 1.95 bits per heavy atom. The van der Waals surface area contributed by atoms with Gasteiger partial charge in [-0.2, -0.15) is 5.10 Å². The molecule has 2 aromatic heterocycles. The van der Waals surface area contributed by atoms with Crippen LogP contribution < -0.4 is 5.73 Å². The molecule has 2 heterocycles. The van der Waals surface area contributed by atoms with Crippen molar-refractivity contribution in [1.82, 2.24) is 10.2 Å². The predicted molar refractivity (Wildman–Crippen MR) is 92.2 cm³/mol. The van der Waals surface area contributed by atoms with Gasteiger partial charge in [0.15, 0.2) is 5.82 Å². The Morgan fingerprint density at radius 1 is 1.21 bits per heavy atom. The monoisotopic (exact) mass is 445 g/mol. The summed E-state index contributed by atoms with van der Waals surface area (Å²) in [4.78, 5) is 0. The molecule has 0 spiro atoms. The molecule has 6 heteroatoms. The van der Waals surface area contributed by atoms with Gasteiger partial charge < -0.3 is 5.73 Å². The van der Waals surface area contributed by atoms with Crippen LogP contribution in [-0.2, 0) is 0 Å². The van der Waals surface area contributed by atoms with Crippen LogP contribution in [0, 0.1) is 2.88 Å². The molecule has 0 atom stereocenters. The Balaban J connectivity index is 2.16. The zero-order valence-electron chi connectivity index (χ0n) is 9.65. The average molecular weight is 446 g/mol. The summed E-state index contributed by atoms with van der Waals surface area (Å²) in [5, 5.41) is 9.29. The topological polar surface area (TPSA) is 54.7 Å². The molecule has 0 fully saturated rings. The zero-order valence-corrected chi connectivity index (χ0v) is 14.2. The predicted octanol–water partition coefficient (Wildman–Crippen LogP) is 4.75. The van der Waals surface area contributed by atoms with Crippen molar-refractivity contribution >= 4 is 55.7 Å². The number of nitrogens with one attached hydrogen (secondary N) is 1. The number of nitrogen functional groups attached to an aromatic ring is 1. The summed E-state index contributed by atoms with van der Waals surface area (Å²) in [5.74, 6) is 0.526. The number of anilines is 1. The molecule has 96 valence electrons. The molecule has 0 amide bonds. The second kappa shape index (κ2) is 5.26. The average Bonchev–Trinajstić information content (AvgIpc) is 2.97. The molecule has 0 aliphatic rings. The van der Waals surface area contributed by atoms with Gasteiger partial charge in [-0.05, 0) is 46.4 Å². The lowest BCUT2D eigenvalue weighted by atomic mass is 10.0. The number of hydrogen-bond acceptors (Lipinski definition) is 3. The van der Waals surface area contributed by atoms with Crippen molar-refractivity contribution in [3.05, 3.63) is 43.1 Å². The summed E-state index contributed by atoms with van der Waals surface area (Å²) in [6.45, 7) is 0. The highest BCUT2D eigenvalue weighted by Crippen LogP contribution is 2.37. The molecule has 0 bridgehead atoms. The minimum Gasteiger partial charge on any atom is -0.382 e. The van der Waals surface area contributed by atoms with Gasteiger partial charge in [-0.1, -0.05) is 28.1 Å². The number of nitrogens with zero attached hydrogens (tertiary/aromatic N) is 1. The summed E-state index contributed by atoms with van der Waals surface area (Å²) >= 11 is 7.46. The highest BCUT2D eigenvalue weighted by molar-refractivity contribution is 14.1. The lowest BCUT2D eigenvalue weighted by Crippen LogP contribution is -1.88. The number of halogens is 2. The SMILES string of the molecule is Nc1n[nH]c(-c2csc(I)c2)c1-c1ccc(Br)cc1. The van der Waals surface area contributed by atoms with E-state index < -0.39 is 0 Å². The van der Waals surface area contributed by atoms with Crippen LogP contribution in [0.1, 0.15) is 0 Å². The fraction of sp³-hybridized carbons (Fsp3) is 0. The Bertz CT molecular complexity index is 718. The van der Waals surface area contributed by atoms with Crippen molar-refractivity contribution in [1.29, 1.82) is 0 Å². The van der Waals surface area contributed by atoms with E-state index in [1.165, 1.54) is 2.88 Å². The van der Waals surface area contributed by atoms with Gasteiger partial charge in [0.2, 0.25) is 0 Å². The second-order valence-electron chi connectivity index (χ2n) is 4.01. The fourth-order valence-electron chi connectivity index (χ4n) is 1.91. The third kappa shape index (κ3) is 2.56. The molecule has 19 heavy (non-hydrogen) atoms. The molecule has 0 saturated carbocycles. The Morgan fingerprint density at radius 3 is 2.58 bits per heavy atom. The van der Waals surface area contributed by atoms with E-state index in [2.05, 4.69) is 60.2 Å². The fourth-order valence-corrected chi connectivity index (χ4v) is 3.52. The third-order valence-electron chi connectivity index (χ3n) is 2.78. The summed E-state index contributed by atoms with van der Waals surface area (Å²) < 4.78 is 2.28. The molecule has 0 radical (unpaired) electrons. The first kappa shape index (κ1) is 13.1. The number of H-pyrrole nitrogens is 1. The highest BCUT2D eigenvalue weighted by atomic mass is 127. The van der Waals surface area contributed by atoms with Crippen LogP contribution in [0.15, 0.2) is 40.2 Å². The number of rotatable bonds is 2. The molecule has 3 nitrogen and oxygen atoms in total. The zero-order chi connectivity index (χ0) is 13.4. The van der Waals surface area contributed by atoms with Gasteiger partial charge in [0, 0.05) is 15.4 Å². The van der Waals surface area contributed by atoms with Gasteiger partial charge >= 0.3 is 0 Å². The Kier molecular flexibility index (Phi) is 3.64. The van der Waals surface area contributed by atoms with Gasteiger partial charge in [-0.15, -0.1) is 11.3 Å². The molecule has 3 aromatic rings. The molecule has 0 unspecified atom stereocenters. The van der Waals surface area contributed by atoms with E-state index in [1.54, 1.807) is 11.3 Å². The van der Waals surface area contributed by atoms with E-state index in [9.17, 15) is 0 Å². The number of thiophene rings is 1. The van der Waals surface area contributed by atoms with Crippen molar-refractivity contribution in [2.24, 2.45) is 0 Å². The molecule has 0 aliphatic carbocycles. The number of benzene rings is 1. The highest BCUT2D eigenvalue weighted by Gasteiger charge is 2.15. The van der Waals surface area contributed by atoms with E-state index in [4.69, 9.17) is 5.73 Å².